The van der Waals surface area contributed by atoms with Gasteiger partial charge in [-0.15, -0.1) is 0 Å². The number of hydrogen-bond donors (Lipinski definition) is 4. The standard InChI is InChI=1S/C23H28Cl2N2O2.C13H18Cl2N2O.C10H11BrO/c1-16(2)12-22(23(29)27-14-18-9-11-20(24)21(25)13-18)26-15-19(28)10-8-17-6-4-3-5-7-17;1-8(2)5-12(16)13(18)17-7-9-3-4-10(14)11(15)6-9;11-8-10(12)7-6-9-4-2-1-3-5-9/h3-7,9,11,13,16,22,26H,8,10,12,14-15H2,1-2H3,(H,27,29);3-4,6,8,12H,5,7,16H2,1-2H3,(H,17,18);1-5H,6-8H2/t22-;12-;/m11./s1. The molecular weight excluding hydrogens is 894 g/mol. The second-order valence-corrected chi connectivity index (χ2v) is 17.1. The Hall–Kier alpha value is -3.28. The van der Waals surface area contributed by atoms with Crippen molar-refractivity contribution in [1.82, 2.24) is 16.0 Å². The summed E-state index contributed by atoms with van der Waals surface area (Å²) in [5.41, 5.74) is 9.91. The molecule has 0 aliphatic rings. The molecule has 0 heterocycles. The number of hydrogen-bond acceptors (Lipinski definition) is 6. The molecule has 0 saturated heterocycles. The van der Waals surface area contributed by atoms with Crippen LogP contribution in [0.3, 0.4) is 0 Å². The number of amides is 2. The topological polar surface area (TPSA) is 130 Å². The van der Waals surface area contributed by atoms with Crippen molar-refractivity contribution in [3.63, 3.8) is 0 Å². The third kappa shape index (κ3) is 22.8. The second kappa shape index (κ2) is 29.1. The third-order valence-corrected chi connectivity index (χ3v) is 10.9. The largest absolute Gasteiger partial charge is 0.351 e. The highest BCUT2D eigenvalue weighted by Crippen LogP contribution is 2.23. The van der Waals surface area contributed by atoms with E-state index in [1.165, 1.54) is 5.56 Å². The van der Waals surface area contributed by atoms with Gasteiger partial charge < -0.3 is 16.4 Å². The van der Waals surface area contributed by atoms with Gasteiger partial charge in [-0.3, -0.25) is 24.5 Å². The normalized spacial score (nSPS) is 11.7. The van der Waals surface area contributed by atoms with Gasteiger partial charge in [-0.05, 0) is 84.0 Å². The summed E-state index contributed by atoms with van der Waals surface area (Å²) in [6.07, 6.45) is 3.98. The Balaban J connectivity index is 0.000000339. The minimum atomic E-state index is -0.465. The Morgan fingerprint density at radius 1 is 0.576 bits per heavy atom. The first-order valence-corrected chi connectivity index (χ1v) is 22.3. The van der Waals surface area contributed by atoms with Gasteiger partial charge in [0.15, 0.2) is 0 Å². The maximum absolute atomic E-state index is 12.7. The molecule has 5 N–H and O–H groups in total. The van der Waals surface area contributed by atoms with Crippen molar-refractivity contribution in [2.24, 2.45) is 17.6 Å². The molecule has 320 valence electrons. The molecule has 0 unspecified atom stereocenters. The number of rotatable bonds is 20. The highest BCUT2D eigenvalue weighted by atomic mass is 79.9. The highest BCUT2D eigenvalue weighted by Gasteiger charge is 2.20. The van der Waals surface area contributed by atoms with Gasteiger partial charge in [0.1, 0.15) is 11.6 Å². The van der Waals surface area contributed by atoms with Crippen LogP contribution in [-0.2, 0) is 45.1 Å². The van der Waals surface area contributed by atoms with Gasteiger partial charge in [0.05, 0.1) is 44.0 Å². The van der Waals surface area contributed by atoms with Gasteiger partial charge in [-0.1, -0.05) is 163 Å². The maximum atomic E-state index is 12.7. The Bertz CT molecular complexity index is 1880. The van der Waals surface area contributed by atoms with Crippen LogP contribution in [-0.4, -0.2) is 47.3 Å². The van der Waals surface area contributed by atoms with Crippen LogP contribution in [0.4, 0.5) is 0 Å². The quantitative estimate of drug-likeness (QED) is 0.0653. The van der Waals surface area contributed by atoms with Gasteiger partial charge in [0.25, 0.3) is 0 Å². The predicted octanol–water partition coefficient (Wildman–Crippen LogP) is 10.4. The van der Waals surface area contributed by atoms with Crippen LogP contribution in [0.2, 0.25) is 20.1 Å². The first-order chi connectivity index (χ1) is 28.1. The molecule has 8 nitrogen and oxygen atoms in total. The molecule has 2 atom stereocenters. The van der Waals surface area contributed by atoms with E-state index in [0.29, 0.717) is 82.5 Å². The molecule has 0 fully saturated rings. The van der Waals surface area contributed by atoms with Gasteiger partial charge >= 0.3 is 0 Å². The van der Waals surface area contributed by atoms with Crippen molar-refractivity contribution in [3.8, 4) is 0 Å². The van der Waals surface area contributed by atoms with E-state index < -0.39 is 12.1 Å². The lowest BCUT2D eigenvalue weighted by Gasteiger charge is -2.20. The van der Waals surface area contributed by atoms with E-state index in [4.69, 9.17) is 52.1 Å². The fraction of sp³-hybridized carbons (Fsp3) is 0.391. The number of alkyl halides is 1. The monoisotopic (exact) mass is 948 g/mol. The molecular formula is C46H57BrCl4N4O4. The van der Waals surface area contributed by atoms with Crippen LogP contribution in [0.5, 0.6) is 0 Å². The van der Waals surface area contributed by atoms with Crippen LogP contribution in [0.25, 0.3) is 0 Å². The number of halogens is 5. The van der Waals surface area contributed by atoms with Crippen molar-refractivity contribution in [3.05, 3.63) is 139 Å². The van der Waals surface area contributed by atoms with Gasteiger partial charge in [-0.2, -0.15) is 0 Å². The number of carbonyl (C=O) groups is 4. The summed E-state index contributed by atoms with van der Waals surface area (Å²) in [4.78, 5) is 47.6. The maximum Gasteiger partial charge on any atom is 0.237 e. The van der Waals surface area contributed by atoms with Crippen molar-refractivity contribution >= 4 is 85.7 Å². The lowest BCUT2D eigenvalue weighted by molar-refractivity contribution is -0.124. The summed E-state index contributed by atoms with van der Waals surface area (Å²) >= 11 is 26.8. The summed E-state index contributed by atoms with van der Waals surface area (Å²) in [7, 11) is 0. The smallest absolute Gasteiger partial charge is 0.237 e. The van der Waals surface area contributed by atoms with Gasteiger partial charge in [0, 0.05) is 25.9 Å². The van der Waals surface area contributed by atoms with Crippen molar-refractivity contribution in [1.29, 1.82) is 0 Å². The van der Waals surface area contributed by atoms with Crippen molar-refractivity contribution in [2.75, 3.05) is 11.9 Å². The fourth-order valence-electron chi connectivity index (χ4n) is 5.55. The lowest BCUT2D eigenvalue weighted by Crippen LogP contribution is -2.46. The average Bonchev–Trinajstić information content (AvgIpc) is 3.22. The predicted molar refractivity (Wildman–Crippen MR) is 249 cm³/mol. The van der Waals surface area contributed by atoms with E-state index >= 15 is 0 Å². The molecule has 0 spiro atoms. The molecule has 13 heteroatoms. The van der Waals surface area contributed by atoms with Crippen LogP contribution in [0, 0.1) is 11.8 Å². The summed E-state index contributed by atoms with van der Waals surface area (Å²) in [6.45, 7) is 9.12. The zero-order valence-electron chi connectivity index (χ0n) is 34.2. The summed E-state index contributed by atoms with van der Waals surface area (Å²) in [6, 6.07) is 29.6. The lowest BCUT2D eigenvalue weighted by atomic mass is 10.0. The molecule has 0 aromatic heterocycles. The summed E-state index contributed by atoms with van der Waals surface area (Å²) in [5, 5.41) is 11.2. The third-order valence-electron chi connectivity index (χ3n) is 8.75. The molecule has 0 saturated carbocycles. The summed E-state index contributed by atoms with van der Waals surface area (Å²) in [5.74, 6) is 0.813. The average molecular weight is 952 g/mol. The summed E-state index contributed by atoms with van der Waals surface area (Å²) < 4.78 is 0. The highest BCUT2D eigenvalue weighted by molar-refractivity contribution is 9.09. The van der Waals surface area contributed by atoms with Crippen LogP contribution in [0.1, 0.15) is 75.6 Å². The molecule has 0 radical (unpaired) electrons. The first kappa shape index (κ1) is 51.9. The van der Waals surface area contributed by atoms with Crippen LogP contribution in [0.15, 0.2) is 97.1 Å². The van der Waals surface area contributed by atoms with E-state index in [-0.39, 0.29) is 29.9 Å². The van der Waals surface area contributed by atoms with Crippen molar-refractivity contribution in [2.45, 2.75) is 91.4 Å². The molecule has 0 aliphatic carbocycles. The number of Topliss-reactive ketones (excluding diaryl/α,β-unsaturated/α-hetero) is 2. The number of aryl methyl sites for hydroxylation is 2. The number of nitrogens with two attached hydrogens (primary N) is 1. The first-order valence-electron chi connectivity index (χ1n) is 19.7. The Morgan fingerprint density at radius 3 is 1.44 bits per heavy atom. The Labute approximate surface area is 378 Å². The Morgan fingerprint density at radius 2 is 1.02 bits per heavy atom. The zero-order valence-corrected chi connectivity index (χ0v) is 38.8. The molecule has 4 aromatic carbocycles. The zero-order chi connectivity index (χ0) is 43.7. The molecule has 4 rings (SSSR count). The van der Waals surface area contributed by atoms with E-state index in [9.17, 15) is 19.2 Å². The number of nitrogens with one attached hydrogen (secondary N) is 3. The molecule has 59 heavy (non-hydrogen) atoms. The molecule has 0 aliphatic heterocycles. The number of carbonyl (C=O) groups excluding carboxylic acids is 4. The van der Waals surface area contributed by atoms with E-state index in [0.717, 1.165) is 23.1 Å². The van der Waals surface area contributed by atoms with Crippen molar-refractivity contribution < 1.29 is 19.2 Å². The molecule has 4 aromatic rings. The SMILES string of the molecule is CC(C)C[C@@H](N)C(=O)NCc1ccc(Cl)c(Cl)c1.CC(C)C[C@@H](NCC(=O)CCc1ccccc1)C(=O)NCc1ccc(Cl)c(Cl)c1.O=C(CBr)CCc1ccccc1. The van der Waals surface area contributed by atoms with Gasteiger partial charge in [-0.25, -0.2) is 0 Å². The fourth-order valence-corrected chi connectivity index (χ4v) is 6.47. The molecule has 0 bridgehead atoms. The number of ketones is 2. The van der Waals surface area contributed by atoms with E-state index in [1.54, 1.807) is 24.3 Å². The van der Waals surface area contributed by atoms with Crippen LogP contribution < -0.4 is 21.7 Å². The minimum absolute atomic E-state index is 0.0971. The number of benzene rings is 4. The Kier molecular flexibility index (Phi) is 25.5. The second-order valence-electron chi connectivity index (χ2n) is 14.9. The minimum Gasteiger partial charge on any atom is -0.351 e. The van der Waals surface area contributed by atoms with Crippen LogP contribution >= 0.6 is 62.3 Å². The van der Waals surface area contributed by atoms with E-state index in [2.05, 4.69) is 45.7 Å². The molecule has 2 amide bonds. The van der Waals surface area contributed by atoms with Gasteiger partial charge in [0.2, 0.25) is 11.8 Å². The van der Waals surface area contributed by atoms with E-state index in [1.807, 2.05) is 86.6 Å².